The number of carbonyl (C=O) groups excluding carboxylic acids is 1. The van der Waals surface area contributed by atoms with Crippen LogP contribution in [0.5, 0.6) is 0 Å². The van der Waals surface area contributed by atoms with Crippen molar-refractivity contribution in [1.82, 2.24) is 5.32 Å². The molecule has 0 fully saturated rings. The van der Waals surface area contributed by atoms with Crippen molar-refractivity contribution in [2.75, 3.05) is 12.0 Å². The third-order valence-electron chi connectivity index (χ3n) is 6.00. The van der Waals surface area contributed by atoms with Gasteiger partial charge in [0.25, 0.3) is 0 Å². The minimum absolute atomic E-state index is 0.000330. The van der Waals surface area contributed by atoms with Crippen LogP contribution >= 0.6 is 11.8 Å². The quantitative estimate of drug-likeness (QED) is 0.456. The van der Waals surface area contributed by atoms with E-state index in [1.807, 2.05) is 26.2 Å². The van der Waals surface area contributed by atoms with E-state index in [4.69, 9.17) is 8.83 Å². The predicted octanol–water partition coefficient (Wildman–Crippen LogP) is 4.71. The number of rotatable bonds is 8. The molecule has 3 aromatic rings. The molecule has 2 N–H and O–H groups in total. The molecule has 1 atom stereocenters. The fourth-order valence-electron chi connectivity index (χ4n) is 4.06. The van der Waals surface area contributed by atoms with Gasteiger partial charge < -0.3 is 19.3 Å². The van der Waals surface area contributed by atoms with E-state index in [-0.39, 0.29) is 18.3 Å². The Morgan fingerprint density at radius 1 is 1.15 bits per heavy atom. The lowest BCUT2D eigenvalue weighted by Gasteiger charge is -2.17. The van der Waals surface area contributed by atoms with Crippen LogP contribution < -0.4 is 10.9 Å². The molecule has 0 aliphatic rings. The molecule has 1 amide bonds. The number of fused-ring (bicyclic) bond motifs is 2. The summed E-state index contributed by atoms with van der Waals surface area (Å²) in [6.07, 6.45) is 4.15. The first-order valence-corrected chi connectivity index (χ1v) is 12.3. The van der Waals surface area contributed by atoms with Gasteiger partial charge in [0.15, 0.2) is 0 Å². The SMILES string of the molecule is CSCCC(NC(=O)CCc1c(C)c2cc3c(C(C)(C)C)coc3c(C)c2oc1=O)C(=O)O. The molecule has 1 aromatic carbocycles. The number of aliphatic carboxylic acids is 1. The highest BCUT2D eigenvalue weighted by Crippen LogP contribution is 2.37. The Morgan fingerprint density at radius 3 is 2.45 bits per heavy atom. The van der Waals surface area contributed by atoms with E-state index in [1.165, 1.54) is 11.8 Å². The van der Waals surface area contributed by atoms with Crippen LogP contribution in [0.25, 0.3) is 21.9 Å². The first-order chi connectivity index (χ1) is 15.5. The number of carboxylic acid groups (broad SMARTS) is 1. The van der Waals surface area contributed by atoms with Gasteiger partial charge in [0.05, 0.1) is 6.26 Å². The molecule has 0 aliphatic carbocycles. The Hall–Kier alpha value is -2.74. The van der Waals surface area contributed by atoms with E-state index in [9.17, 15) is 19.5 Å². The number of amides is 1. The first kappa shape index (κ1) is 24.9. The molecule has 178 valence electrons. The van der Waals surface area contributed by atoms with Crippen LogP contribution in [-0.2, 0) is 21.4 Å². The molecule has 7 nitrogen and oxygen atoms in total. The van der Waals surface area contributed by atoms with Crippen LogP contribution in [0.1, 0.15) is 55.9 Å². The lowest BCUT2D eigenvalue weighted by atomic mass is 9.86. The number of thioether (sulfide) groups is 1. The lowest BCUT2D eigenvalue weighted by Crippen LogP contribution is -2.41. The number of benzene rings is 1. The zero-order chi connectivity index (χ0) is 24.5. The van der Waals surface area contributed by atoms with Gasteiger partial charge >= 0.3 is 11.6 Å². The summed E-state index contributed by atoms with van der Waals surface area (Å²) < 4.78 is 11.5. The van der Waals surface area contributed by atoms with Gasteiger partial charge in [0.1, 0.15) is 17.2 Å². The second-order valence-corrected chi connectivity index (χ2v) is 10.4. The molecule has 0 spiro atoms. The van der Waals surface area contributed by atoms with Gasteiger partial charge in [-0.3, -0.25) is 4.79 Å². The minimum Gasteiger partial charge on any atom is -0.480 e. The second kappa shape index (κ2) is 9.63. The maximum Gasteiger partial charge on any atom is 0.339 e. The number of furan rings is 1. The van der Waals surface area contributed by atoms with E-state index < -0.39 is 23.5 Å². The van der Waals surface area contributed by atoms with Gasteiger partial charge in [-0.1, -0.05) is 20.8 Å². The highest BCUT2D eigenvalue weighted by atomic mass is 32.2. The van der Waals surface area contributed by atoms with Crippen molar-refractivity contribution in [1.29, 1.82) is 0 Å². The van der Waals surface area contributed by atoms with Crippen molar-refractivity contribution in [3.8, 4) is 0 Å². The Labute approximate surface area is 196 Å². The van der Waals surface area contributed by atoms with Gasteiger partial charge in [0, 0.05) is 33.9 Å². The summed E-state index contributed by atoms with van der Waals surface area (Å²) in [5, 5.41) is 13.7. The van der Waals surface area contributed by atoms with Crippen molar-refractivity contribution in [3.05, 3.63) is 45.0 Å². The highest BCUT2D eigenvalue weighted by Gasteiger charge is 2.24. The van der Waals surface area contributed by atoms with Crippen molar-refractivity contribution >= 4 is 45.6 Å². The molecule has 0 aliphatic heterocycles. The van der Waals surface area contributed by atoms with Gasteiger partial charge in [-0.05, 0) is 55.7 Å². The highest BCUT2D eigenvalue weighted by molar-refractivity contribution is 7.98. The summed E-state index contributed by atoms with van der Waals surface area (Å²) in [4.78, 5) is 36.6. The van der Waals surface area contributed by atoms with Crippen molar-refractivity contribution in [2.24, 2.45) is 0 Å². The number of hydrogen-bond acceptors (Lipinski definition) is 6. The molecule has 0 bridgehead atoms. The molecule has 3 rings (SSSR count). The number of carbonyl (C=O) groups is 2. The fourth-order valence-corrected chi connectivity index (χ4v) is 4.54. The van der Waals surface area contributed by atoms with Crippen LogP contribution in [0.4, 0.5) is 0 Å². The van der Waals surface area contributed by atoms with Crippen LogP contribution in [0.3, 0.4) is 0 Å². The van der Waals surface area contributed by atoms with Gasteiger partial charge in [0.2, 0.25) is 5.91 Å². The molecule has 0 saturated heterocycles. The molecule has 2 heterocycles. The normalized spacial score (nSPS) is 12.9. The van der Waals surface area contributed by atoms with E-state index in [0.29, 0.717) is 28.9 Å². The van der Waals surface area contributed by atoms with Crippen LogP contribution in [0.15, 0.2) is 26.0 Å². The summed E-state index contributed by atoms with van der Waals surface area (Å²) in [5.41, 5.74) is 3.59. The Balaban J connectivity index is 1.94. The number of carboxylic acids is 1. The fraction of sp³-hybridized carbons (Fsp3) is 0.480. The summed E-state index contributed by atoms with van der Waals surface area (Å²) in [5.74, 6) is -0.838. The molecular formula is C25H31NO6S. The standard InChI is InChI=1S/C25H31NO6S/c1-13-15(7-8-20(27)26-19(23(28)29)9-10-33-6)24(30)32-22-14(2)21-17(11-16(13)22)18(12-31-21)25(3,4)5/h11-12,19H,7-10H2,1-6H3,(H,26,27)(H,28,29). The zero-order valence-corrected chi connectivity index (χ0v) is 20.8. The van der Waals surface area contributed by atoms with Crippen LogP contribution in [-0.4, -0.2) is 35.0 Å². The van der Waals surface area contributed by atoms with Crippen molar-refractivity contribution in [3.63, 3.8) is 0 Å². The van der Waals surface area contributed by atoms with Gasteiger partial charge in [-0.2, -0.15) is 11.8 Å². The Kier molecular flexibility index (Phi) is 7.26. The van der Waals surface area contributed by atoms with E-state index >= 15 is 0 Å². The number of aryl methyl sites for hydroxylation is 2. The maximum atomic E-state index is 12.8. The predicted molar refractivity (Wildman–Crippen MR) is 131 cm³/mol. The molecule has 8 heteroatoms. The Morgan fingerprint density at radius 2 is 1.85 bits per heavy atom. The molecular weight excluding hydrogens is 442 g/mol. The van der Waals surface area contributed by atoms with E-state index in [0.717, 1.165) is 27.5 Å². The average molecular weight is 474 g/mol. The molecule has 1 unspecified atom stereocenters. The largest absolute Gasteiger partial charge is 0.480 e. The maximum absolute atomic E-state index is 12.8. The Bertz CT molecular complexity index is 1260. The number of nitrogens with one attached hydrogen (secondary N) is 1. The summed E-state index contributed by atoms with van der Waals surface area (Å²) in [6.45, 7) is 10.1. The third-order valence-corrected chi connectivity index (χ3v) is 6.64. The lowest BCUT2D eigenvalue weighted by molar-refractivity contribution is -0.141. The van der Waals surface area contributed by atoms with Gasteiger partial charge in [-0.15, -0.1) is 0 Å². The molecule has 2 aromatic heterocycles. The van der Waals surface area contributed by atoms with Crippen LogP contribution in [0, 0.1) is 13.8 Å². The van der Waals surface area contributed by atoms with Crippen LogP contribution in [0.2, 0.25) is 0 Å². The first-order valence-electron chi connectivity index (χ1n) is 10.9. The topological polar surface area (TPSA) is 110 Å². The number of hydrogen-bond donors (Lipinski definition) is 2. The second-order valence-electron chi connectivity index (χ2n) is 9.39. The van der Waals surface area contributed by atoms with Gasteiger partial charge in [-0.25, -0.2) is 9.59 Å². The summed E-state index contributed by atoms with van der Waals surface area (Å²) >= 11 is 1.52. The molecule has 0 radical (unpaired) electrons. The monoisotopic (exact) mass is 473 g/mol. The third kappa shape index (κ3) is 5.11. The zero-order valence-electron chi connectivity index (χ0n) is 20.0. The van der Waals surface area contributed by atoms with E-state index in [2.05, 4.69) is 26.1 Å². The van der Waals surface area contributed by atoms with Crippen molar-refractivity contribution in [2.45, 2.75) is 65.3 Å². The summed E-state index contributed by atoms with van der Waals surface area (Å²) in [6, 6.07) is 1.05. The smallest absolute Gasteiger partial charge is 0.339 e. The average Bonchev–Trinajstić information content (AvgIpc) is 3.16. The molecule has 33 heavy (non-hydrogen) atoms. The summed E-state index contributed by atoms with van der Waals surface area (Å²) in [7, 11) is 0. The van der Waals surface area contributed by atoms with Crippen molar-refractivity contribution < 1.29 is 23.5 Å². The van der Waals surface area contributed by atoms with E-state index in [1.54, 1.807) is 6.26 Å². The minimum atomic E-state index is -1.06. The molecule has 0 saturated carbocycles.